The van der Waals surface area contributed by atoms with E-state index < -0.39 is 17.7 Å². The summed E-state index contributed by atoms with van der Waals surface area (Å²) in [6.45, 7) is 9.04. The Kier molecular flexibility index (Phi) is 5.07. The highest BCUT2D eigenvalue weighted by Crippen LogP contribution is 2.17. The van der Waals surface area contributed by atoms with Crippen LogP contribution in [0.3, 0.4) is 0 Å². The van der Waals surface area contributed by atoms with Crippen LogP contribution in [0.15, 0.2) is 12.3 Å². The first-order chi connectivity index (χ1) is 9.23. The van der Waals surface area contributed by atoms with Crippen molar-refractivity contribution in [3.63, 3.8) is 0 Å². The first kappa shape index (κ1) is 15.9. The molecule has 1 heterocycles. The second-order valence-corrected chi connectivity index (χ2v) is 5.20. The number of aromatic nitrogens is 1. The van der Waals surface area contributed by atoms with Gasteiger partial charge in [0.15, 0.2) is 0 Å². The number of amides is 1. The zero-order valence-electron chi connectivity index (χ0n) is 12.4. The summed E-state index contributed by atoms with van der Waals surface area (Å²) in [5, 5.41) is 2.57. The standard InChI is InChI=1S/C14H20N2O4/c1-6-19-12(17)10-7-11(9(2)15-8-10)16-13(18)20-14(3,4)5/h7-8H,6H2,1-5H3,(H,16,18). The number of ether oxygens (including phenoxy) is 2. The van der Waals surface area contributed by atoms with Crippen molar-refractivity contribution in [2.45, 2.75) is 40.2 Å². The number of aryl methyl sites for hydroxylation is 1. The van der Waals surface area contributed by atoms with Crippen molar-refractivity contribution >= 4 is 17.7 Å². The lowest BCUT2D eigenvalue weighted by Gasteiger charge is -2.20. The van der Waals surface area contributed by atoms with Crippen LogP contribution in [0.1, 0.15) is 43.7 Å². The van der Waals surface area contributed by atoms with Gasteiger partial charge in [-0.15, -0.1) is 0 Å². The van der Waals surface area contributed by atoms with Crippen LogP contribution in [0, 0.1) is 6.92 Å². The largest absolute Gasteiger partial charge is 0.462 e. The molecule has 1 N–H and O–H groups in total. The fraction of sp³-hybridized carbons (Fsp3) is 0.500. The number of hydrogen-bond donors (Lipinski definition) is 1. The summed E-state index contributed by atoms with van der Waals surface area (Å²) < 4.78 is 10.0. The van der Waals surface area contributed by atoms with Crippen molar-refractivity contribution in [1.29, 1.82) is 0 Å². The molecule has 1 aromatic heterocycles. The lowest BCUT2D eigenvalue weighted by molar-refractivity contribution is 0.0524. The maximum Gasteiger partial charge on any atom is 0.412 e. The van der Waals surface area contributed by atoms with E-state index in [1.807, 2.05) is 0 Å². The molecule has 0 aliphatic heterocycles. The van der Waals surface area contributed by atoms with Gasteiger partial charge in [-0.25, -0.2) is 9.59 Å². The molecule has 20 heavy (non-hydrogen) atoms. The predicted molar refractivity (Wildman–Crippen MR) is 74.8 cm³/mol. The minimum Gasteiger partial charge on any atom is -0.462 e. The third-order valence-corrected chi connectivity index (χ3v) is 2.23. The zero-order valence-corrected chi connectivity index (χ0v) is 12.4. The molecule has 6 nitrogen and oxygen atoms in total. The van der Waals surface area contributed by atoms with Crippen LogP contribution in [-0.2, 0) is 9.47 Å². The van der Waals surface area contributed by atoms with E-state index in [1.165, 1.54) is 12.3 Å². The molecule has 1 aromatic rings. The molecule has 0 aromatic carbocycles. The van der Waals surface area contributed by atoms with E-state index in [9.17, 15) is 9.59 Å². The van der Waals surface area contributed by atoms with E-state index >= 15 is 0 Å². The average molecular weight is 280 g/mol. The predicted octanol–water partition coefficient (Wildman–Crippen LogP) is 2.91. The number of pyridine rings is 1. The zero-order chi connectivity index (χ0) is 15.3. The van der Waals surface area contributed by atoms with Crippen LogP contribution in [-0.4, -0.2) is 29.3 Å². The van der Waals surface area contributed by atoms with Crippen LogP contribution in [0.25, 0.3) is 0 Å². The topological polar surface area (TPSA) is 77.5 Å². The molecule has 0 saturated carbocycles. The van der Waals surface area contributed by atoms with Crippen molar-refractivity contribution in [3.05, 3.63) is 23.5 Å². The molecular formula is C14H20N2O4. The number of esters is 1. The molecule has 6 heteroatoms. The highest BCUT2D eigenvalue weighted by molar-refractivity contribution is 5.92. The van der Waals surface area contributed by atoms with Gasteiger partial charge in [0.05, 0.1) is 23.6 Å². The summed E-state index contributed by atoms with van der Waals surface area (Å²) in [4.78, 5) is 27.4. The van der Waals surface area contributed by atoms with Crippen LogP contribution in [0.4, 0.5) is 10.5 Å². The maximum absolute atomic E-state index is 11.7. The van der Waals surface area contributed by atoms with Crippen molar-refractivity contribution in [2.24, 2.45) is 0 Å². The van der Waals surface area contributed by atoms with Crippen molar-refractivity contribution in [3.8, 4) is 0 Å². The molecule has 1 amide bonds. The van der Waals surface area contributed by atoms with Gasteiger partial charge < -0.3 is 9.47 Å². The van der Waals surface area contributed by atoms with E-state index in [0.29, 0.717) is 11.4 Å². The van der Waals surface area contributed by atoms with Crippen LogP contribution in [0.5, 0.6) is 0 Å². The number of anilines is 1. The molecule has 0 atom stereocenters. The fourth-order valence-corrected chi connectivity index (χ4v) is 1.40. The number of nitrogens with zero attached hydrogens (tertiary/aromatic N) is 1. The average Bonchev–Trinajstić information content (AvgIpc) is 2.29. The molecule has 0 unspecified atom stereocenters. The van der Waals surface area contributed by atoms with E-state index in [2.05, 4.69) is 10.3 Å². The number of rotatable bonds is 3. The summed E-state index contributed by atoms with van der Waals surface area (Å²) in [6.07, 6.45) is 0.816. The minimum absolute atomic E-state index is 0.279. The van der Waals surface area contributed by atoms with Gasteiger partial charge in [0.1, 0.15) is 5.60 Å². The minimum atomic E-state index is -0.594. The summed E-state index contributed by atoms with van der Waals surface area (Å²) >= 11 is 0. The summed E-state index contributed by atoms with van der Waals surface area (Å²) in [7, 11) is 0. The highest BCUT2D eigenvalue weighted by Gasteiger charge is 2.18. The Balaban J connectivity index is 2.87. The van der Waals surface area contributed by atoms with E-state index in [0.717, 1.165) is 0 Å². The monoisotopic (exact) mass is 280 g/mol. The van der Waals surface area contributed by atoms with Crippen LogP contribution < -0.4 is 5.32 Å². The Morgan fingerprint density at radius 3 is 2.55 bits per heavy atom. The number of hydrogen-bond acceptors (Lipinski definition) is 5. The van der Waals surface area contributed by atoms with Crippen molar-refractivity contribution in [1.82, 2.24) is 4.98 Å². The summed E-state index contributed by atoms with van der Waals surface area (Å²) in [5.41, 5.74) is 0.696. The Morgan fingerprint density at radius 2 is 2.00 bits per heavy atom. The molecular weight excluding hydrogens is 260 g/mol. The van der Waals surface area contributed by atoms with E-state index in [4.69, 9.17) is 9.47 Å². The van der Waals surface area contributed by atoms with Gasteiger partial charge in [-0.2, -0.15) is 0 Å². The van der Waals surface area contributed by atoms with E-state index in [1.54, 1.807) is 34.6 Å². The second-order valence-electron chi connectivity index (χ2n) is 5.20. The lowest BCUT2D eigenvalue weighted by atomic mass is 10.2. The first-order valence-electron chi connectivity index (χ1n) is 6.36. The maximum atomic E-state index is 11.7. The fourth-order valence-electron chi connectivity index (χ4n) is 1.40. The number of nitrogens with one attached hydrogen (secondary N) is 1. The summed E-state index contributed by atoms with van der Waals surface area (Å²) in [6, 6.07) is 1.52. The molecule has 1 rings (SSSR count). The van der Waals surface area contributed by atoms with Crippen molar-refractivity contribution < 1.29 is 19.1 Å². The highest BCUT2D eigenvalue weighted by atomic mass is 16.6. The smallest absolute Gasteiger partial charge is 0.412 e. The molecule has 0 fully saturated rings. The number of carbonyl (C=O) groups excluding carboxylic acids is 2. The normalized spacial score (nSPS) is 10.8. The Labute approximate surface area is 118 Å². The molecule has 110 valence electrons. The Morgan fingerprint density at radius 1 is 1.35 bits per heavy atom. The Hall–Kier alpha value is -2.11. The van der Waals surface area contributed by atoms with E-state index in [-0.39, 0.29) is 12.2 Å². The third-order valence-electron chi connectivity index (χ3n) is 2.23. The van der Waals surface area contributed by atoms with Crippen LogP contribution >= 0.6 is 0 Å². The van der Waals surface area contributed by atoms with Crippen LogP contribution in [0.2, 0.25) is 0 Å². The molecule has 0 aliphatic carbocycles. The lowest BCUT2D eigenvalue weighted by Crippen LogP contribution is -2.27. The Bertz CT molecular complexity index is 506. The van der Waals surface area contributed by atoms with Gasteiger partial charge in [-0.1, -0.05) is 0 Å². The molecule has 0 saturated heterocycles. The van der Waals surface area contributed by atoms with Crippen molar-refractivity contribution in [2.75, 3.05) is 11.9 Å². The molecule has 0 spiro atoms. The van der Waals surface area contributed by atoms with Gasteiger partial charge >= 0.3 is 12.1 Å². The van der Waals surface area contributed by atoms with Gasteiger partial charge in [-0.05, 0) is 40.7 Å². The van der Waals surface area contributed by atoms with Gasteiger partial charge in [0.2, 0.25) is 0 Å². The molecule has 0 bridgehead atoms. The van der Waals surface area contributed by atoms with Gasteiger partial charge in [0, 0.05) is 6.20 Å². The molecule has 0 aliphatic rings. The van der Waals surface area contributed by atoms with Gasteiger partial charge in [-0.3, -0.25) is 10.3 Å². The van der Waals surface area contributed by atoms with Gasteiger partial charge in [0.25, 0.3) is 0 Å². The number of carbonyl (C=O) groups is 2. The quantitative estimate of drug-likeness (QED) is 0.861. The first-order valence-corrected chi connectivity index (χ1v) is 6.36. The second kappa shape index (κ2) is 6.36. The molecule has 0 radical (unpaired) electrons. The third kappa shape index (κ3) is 4.87. The SMILES string of the molecule is CCOC(=O)c1cnc(C)c(NC(=O)OC(C)(C)C)c1. The summed E-state index contributed by atoms with van der Waals surface area (Å²) in [5.74, 6) is -0.479.